The van der Waals surface area contributed by atoms with Gasteiger partial charge < -0.3 is 10.2 Å². The van der Waals surface area contributed by atoms with E-state index in [0.29, 0.717) is 6.54 Å². The average Bonchev–Trinajstić information content (AvgIpc) is 2.89. The van der Waals surface area contributed by atoms with Gasteiger partial charge in [-0.15, -0.1) is 36.2 Å². The van der Waals surface area contributed by atoms with Crippen molar-refractivity contribution >= 4 is 42.1 Å². The molecule has 0 bridgehead atoms. The van der Waals surface area contributed by atoms with Crippen molar-refractivity contribution in [1.82, 2.24) is 15.2 Å². The zero-order valence-electron chi connectivity index (χ0n) is 10.5. The lowest BCUT2D eigenvalue weighted by Crippen LogP contribution is -2.33. The van der Waals surface area contributed by atoms with E-state index >= 15 is 0 Å². The summed E-state index contributed by atoms with van der Waals surface area (Å²) in [6, 6.07) is 0. The van der Waals surface area contributed by atoms with Gasteiger partial charge in [-0.05, 0) is 19.9 Å². The van der Waals surface area contributed by atoms with Crippen LogP contribution < -0.4 is 5.32 Å². The highest BCUT2D eigenvalue weighted by Gasteiger charge is 2.25. The zero-order chi connectivity index (χ0) is 11.5. The summed E-state index contributed by atoms with van der Waals surface area (Å²) in [6.45, 7) is 4.46. The molecule has 1 aromatic heterocycles. The van der Waals surface area contributed by atoms with Crippen molar-refractivity contribution in [1.29, 1.82) is 0 Å². The van der Waals surface area contributed by atoms with Crippen LogP contribution in [0, 0.1) is 12.8 Å². The first-order valence-electron chi connectivity index (χ1n) is 5.53. The second-order valence-electron chi connectivity index (χ2n) is 4.24. The van der Waals surface area contributed by atoms with Gasteiger partial charge in [0.05, 0.1) is 23.7 Å². The van der Waals surface area contributed by atoms with Crippen molar-refractivity contribution in [3.63, 3.8) is 0 Å². The Hall–Kier alpha value is -0.360. The molecule has 1 unspecified atom stereocenters. The van der Waals surface area contributed by atoms with Crippen molar-refractivity contribution in [2.24, 2.45) is 5.92 Å². The summed E-state index contributed by atoms with van der Waals surface area (Å²) in [6.07, 6.45) is 0.963. The fraction of sp³-hybridized carbons (Fsp3) is 0.636. The Kier molecular flexibility index (Phi) is 7.78. The number of rotatable bonds is 3. The molecule has 1 fully saturated rings. The predicted octanol–water partition coefficient (Wildman–Crippen LogP) is 1.86. The van der Waals surface area contributed by atoms with E-state index < -0.39 is 0 Å². The van der Waals surface area contributed by atoms with Gasteiger partial charge in [-0.2, -0.15) is 0 Å². The van der Waals surface area contributed by atoms with Gasteiger partial charge in [0, 0.05) is 18.5 Å². The first-order chi connectivity index (χ1) is 7.68. The molecule has 1 atom stereocenters. The molecule has 1 N–H and O–H groups in total. The lowest BCUT2D eigenvalue weighted by molar-refractivity contribution is -0.134. The number of halogens is 2. The topological polar surface area (TPSA) is 45.2 Å². The molecule has 0 spiro atoms. The second kappa shape index (κ2) is 7.94. The first kappa shape index (κ1) is 17.6. The third-order valence-corrected chi connectivity index (χ3v) is 3.93. The fourth-order valence-electron chi connectivity index (χ4n) is 1.95. The molecule has 1 aromatic rings. The van der Waals surface area contributed by atoms with Crippen LogP contribution >= 0.6 is 36.2 Å². The lowest BCUT2D eigenvalue weighted by Gasteiger charge is -2.20. The second-order valence-corrected chi connectivity index (χ2v) is 5.18. The molecule has 0 aliphatic carbocycles. The maximum absolute atomic E-state index is 12.1. The van der Waals surface area contributed by atoms with Gasteiger partial charge in [-0.1, -0.05) is 0 Å². The standard InChI is InChI=1S/C11H17N3OS.2ClH/c1-8-10(16-7-13-8)6-14(2)11(15)9-3-4-12-5-9;;/h7,9,12H,3-6H2,1-2H3;2*1H. The highest BCUT2D eigenvalue weighted by molar-refractivity contribution is 7.09. The molecule has 1 amide bonds. The Morgan fingerprint density at radius 3 is 2.83 bits per heavy atom. The van der Waals surface area contributed by atoms with Gasteiger partial charge in [0.15, 0.2) is 0 Å². The normalized spacial score (nSPS) is 17.8. The molecule has 2 heterocycles. The van der Waals surface area contributed by atoms with Crippen LogP contribution in [-0.2, 0) is 11.3 Å². The number of carbonyl (C=O) groups is 1. The van der Waals surface area contributed by atoms with Crippen LogP contribution in [-0.4, -0.2) is 35.9 Å². The summed E-state index contributed by atoms with van der Waals surface area (Å²) in [4.78, 5) is 19.2. The van der Waals surface area contributed by atoms with E-state index in [2.05, 4.69) is 10.3 Å². The van der Waals surface area contributed by atoms with E-state index in [-0.39, 0.29) is 36.6 Å². The SMILES string of the molecule is Cc1ncsc1CN(C)C(=O)C1CCNC1.Cl.Cl. The summed E-state index contributed by atoms with van der Waals surface area (Å²) in [5.74, 6) is 0.413. The Labute approximate surface area is 124 Å². The molecule has 0 saturated carbocycles. The number of nitrogens with zero attached hydrogens (tertiary/aromatic N) is 2. The van der Waals surface area contributed by atoms with Crippen molar-refractivity contribution in [3.8, 4) is 0 Å². The highest BCUT2D eigenvalue weighted by atomic mass is 35.5. The van der Waals surface area contributed by atoms with Crippen molar-refractivity contribution < 1.29 is 4.79 Å². The summed E-state index contributed by atoms with van der Waals surface area (Å²) in [7, 11) is 1.87. The molecule has 0 aromatic carbocycles. The van der Waals surface area contributed by atoms with Gasteiger partial charge in [0.25, 0.3) is 0 Å². The number of hydrogen-bond donors (Lipinski definition) is 1. The number of aromatic nitrogens is 1. The minimum absolute atomic E-state index is 0. The molecule has 0 radical (unpaired) electrons. The lowest BCUT2D eigenvalue weighted by atomic mass is 10.1. The van der Waals surface area contributed by atoms with Crippen molar-refractivity contribution in [2.75, 3.05) is 20.1 Å². The number of carbonyl (C=O) groups excluding carboxylic acids is 1. The van der Waals surface area contributed by atoms with Gasteiger partial charge in [0.2, 0.25) is 5.91 Å². The van der Waals surface area contributed by atoms with E-state index in [1.807, 2.05) is 24.4 Å². The van der Waals surface area contributed by atoms with Gasteiger partial charge in [-0.25, -0.2) is 4.98 Å². The number of amides is 1. The molecule has 4 nitrogen and oxygen atoms in total. The smallest absolute Gasteiger partial charge is 0.227 e. The molecule has 104 valence electrons. The van der Waals surface area contributed by atoms with E-state index in [9.17, 15) is 4.79 Å². The molecule has 7 heteroatoms. The van der Waals surface area contributed by atoms with Crippen LogP contribution in [0.15, 0.2) is 5.51 Å². The van der Waals surface area contributed by atoms with Gasteiger partial charge in [0.1, 0.15) is 0 Å². The summed E-state index contributed by atoms with van der Waals surface area (Å²) >= 11 is 1.62. The maximum Gasteiger partial charge on any atom is 0.227 e. The highest BCUT2D eigenvalue weighted by Crippen LogP contribution is 2.17. The number of aryl methyl sites for hydroxylation is 1. The van der Waals surface area contributed by atoms with Crippen molar-refractivity contribution in [2.45, 2.75) is 19.9 Å². The Morgan fingerprint density at radius 2 is 2.33 bits per heavy atom. The third-order valence-electron chi connectivity index (χ3n) is 3.01. The molecule has 18 heavy (non-hydrogen) atoms. The zero-order valence-corrected chi connectivity index (χ0v) is 13.0. The Morgan fingerprint density at radius 1 is 1.61 bits per heavy atom. The fourth-order valence-corrected chi connectivity index (χ4v) is 2.78. The molecule has 1 aliphatic rings. The number of hydrogen-bond acceptors (Lipinski definition) is 4. The van der Waals surface area contributed by atoms with Crippen molar-refractivity contribution in [3.05, 3.63) is 16.1 Å². The summed E-state index contributed by atoms with van der Waals surface area (Å²) in [5.41, 5.74) is 2.87. The molecule has 2 rings (SSSR count). The Balaban J connectivity index is 0.00000144. The monoisotopic (exact) mass is 311 g/mol. The minimum atomic E-state index is 0. The van der Waals surface area contributed by atoms with E-state index in [4.69, 9.17) is 0 Å². The number of thiazole rings is 1. The van der Waals surface area contributed by atoms with Crippen LogP contribution in [0.4, 0.5) is 0 Å². The maximum atomic E-state index is 12.1. The number of nitrogens with one attached hydrogen (secondary N) is 1. The van der Waals surface area contributed by atoms with E-state index in [1.54, 1.807) is 11.3 Å². The van der Waals surface area contributed by atoms with Gasteiger partial charge >= 0.3 is 0 Å². The van der Waals surface area contributed by atoms with E-state index in [1.165, 1.54) is 4.88 Å². The van der Waals surface area contributed by atoms with Crippen LogP contribution in [0.2, 0.25) is 0 Å². The summed E-state index contributed by atoms with van der Waals surface area (Å²) in [5, 5.41) is 3.22. The van der Waals surface area contributed by atoms with Crippen LogP contribution in [0.25, 0.3) is 0 Å². The average molecular weight is 312 g/mol. The molecule has 1 aliphatic heterocycles. The minimum Gasteiger partial charge on any atom is -0.340 e. The quantitative estimate of drug-likeness (QED) is 0.927. The summed E-state index contributed by atoms with van der Waals surface area (Å²) < 4.78 is 0. The molecule has 1 saturated heterocycles. The van der Waals surface area contributed by atoms with E-state index in [0.717, 1.165) is 25.2 Å². The Bertz CT molecular complexity index is 380. The predicted molar refractivity (Wildman–Crippen MR) is 78.8 cm³/mol. The molecular weight excluding hydrogens is 293 g/mol. The van der Waals surface area contributed by atoms with Crippen LogP contribution in [0.1, 0.15) is 17.0 Å². The first-order valence-corrected chi connectivity index (χ1v) is 6.41. The van der Waals surface area contributed by atoms with Crippen LogP contribution in [0.3, 0.4) is 0 Å². The molecular formula is C11H19Cl2N3OS. The van der Waals surface area contributed by atoms with Gasteiger partial charge in [-0.3, -0.25) is 4.79 Å². The van der Waals surface area contributed by atoms with Crippen LogP contribution in [0.5, 0.6) is 0 Å². The third kappa shape index (κ3) is 4.09. The largest absolute Gasteiger partial charge is 0.340 e.